The second-order valence-corrected chi connectivity index (χ2v) is 18.0. The minimum Gasteiger partial charge on any atom is -0.406 e. The number of fused-ring (bicyclic) bond motifs is 2. The number of rotatable bonds is 18. The van der Waals surface area contributed by atoms with Gasteiger partial charge in [-0.05, 0) is 122 Å². The Labute approximate surface area is 345 Å². The van der Waals surface area contributed by atoms with E-state index in [2.05, 4.69) is 35.5 Å². The van der Waals surface area contributed by atoms with E-state index < -0.39 is 12.7 Å². The minimum absolute atomic E-state index is 0.111. The quantitative estimate of drug-likeness (QED) is 0.110. The third-order valence-corrected chi connectivity index (χ3v) is 13.5. The molecule has 0 saturated heterocycles. The number of alkyl halides is 6. The van der Waals surface area contributed by atoms with Gasteiger partial charge in [-0.2, -0.15) is 0 Å². The maximum absolute atomic E-state index is 12.4. The zero-order valence-corrected chi connectivity index (χ0v) is 35.4. The molecule has 0 amide bonds. The Hall–Kier alpha value is -2.90. The van der Waals surface area contributed by atoms with Crippen molar-refractivity contribution in [2.75, 3.05) is 0 Å². The van der Waals surface area contributed by atoms with Crippen molar-refractivity contribution in [3.63, 3.8) is 0 Å². The van der Waals surface area contributed by atoms with Gasteiger partial charge in [-0.3, -0.25) is 0 Å². The first-order valence-electron chi connectivity index (χ1n) is 23.0. The lowest BCUT2D eigenvalue weighted by Gasteiger charge is -2.29. The summed E-state index contributed by atoms with van der Waals surface area (Å²) in [5.41, 5.74) is 6.91. The van der Waals surface area contributed by atoms with Crippen molar-refractivity contribution >= 4 is 12.2 Å². The summed E-state index contributed by atoms with van der Waals surface area (Å²) in [6.45, 7) is 4.54. The molecule has 0 radical (unpaired) electrons. The molecule has 0 aliphatic heterocycles. The summed E-state index contributed by atoms with van der Waals surface area (Å²) in [4.78, 5) is 0. The van der Waals surface area contributed by atoms with E-state index in [9.17, 15) is 26.3 Å². The van der Waals surface area contributed by atoms with Gasteiger partial charge in [0.25, 0.3) is 0 Å². The molecule has 0 heterocycles. The highest BCUT2D eigenvalue weighted by Crippen LogP contribution is 2.39. The van der Waals surface area contributed by atoms with E-state index in [1.807, 2.05) is 0 Å². The Balaban J connectivity index is 0.000000221. The molecule has 4 aliphatic carbocycles. The van der Waals surface area contributed by atoms with Crippen LogP contribution in [-0.2, 0) is 12.8 Å². The summed E-state index contributed by atoms with van der Waals surface area (Å²) in [5.74, 6) is 3.39. The number of allylic oxidation sites excluding steroid dienone is 2. The molecule has 324 valence electrons. The van der Waals surface area contributed by atoms with Gasteiger partial charge in [0.05, 0.1) is 0 Å². The number of ether oxygens (including phenoxy) is 2. The number of aryl methyl sites for hydroxylation is 2. The van der Waals surface area contributed by atoms with Gasteiger partial charge in [-0.1, -0.05) is 165 Å². The lowest BCUT2D eigenvalue weighted by molar-refractivity contribution is -0.275. The smallest absolute Gasteiger partial charge is 0.406 e. The van der Waals surface area contributed by atoms with Crippen LogP contribution in [0.5, 0.6) is 11.5 Å². The normalized spacial score (nSPS) is 22.1. The molecule has 8 heteroatoms. The molecule has 0 spiro atoms. The summed E-state index contributed by atoms with van der Waals surface area (Å²) in [6, 6.07) is 9.45. The summed E-state index contributed by atoms with van der Waals surface area (Å²) in [5, 5.41) is 0. The highest BCUT2D eigenvalue weighted by molar-refractivity contribution is 5.62. The molecule has 2 aromatic rings. The predicted molar refractivity (Wildman–Crippen MR) is 226 cm³/mol. The Morgan fingerprint density at radius 3 is 1.22 bits per heavy atom. The number of halogens is 6. The maximum atomic E-state index is 12.4. The summed E-state index contributed by atoms with van der Waals surface area (Å²) in [7, 11) is 0. The SMILES string of the molecule is CCCCCC1CCC(CCC2=Cc3ccc(OC(F)(F)F)cc3CC2)CC1.CCCCCCCC1CCC(CCC2=Cc3ccc(OC(F)(F)F)cc3CC2)CC1. The van der Waals surface area contributed by atoms with Gasteiger partial charge >= 0.3 is 12.7 Å². The van der Waals surface area contributed by atoms with E-state index in [-0.39, 0.29) is 11.5 Å². The molecule has 0 bridgehead atoms. The standard InChI is InChI=1S/C26H37F3O.C24H33F3O/c1-2-3-4-5-6-7-20-8-10-21(11-9-20)12-13-22-14-15-24-19-25(30-26(27,28)29)17-16-23(24)18-22;1-2-3-4-5-18-6-8-19(9-7-18)10-11-20-12-13-22-17-23(28-24(25,26)27)15-14-21(22)16-20/h16-21H,2-15H2,1H3;14-19H,2-13H2,1H3. The summed E-state index contributed by atoms with van der Waals surface area (Å²) >= 11 is 0. The van der Waals surface area contributed by atoms with Crippen molar-refractivity contribution in [1.29, 1.82) is 0 Å². The molecule has 0 atom stereocenters. The van der Waals surface area contributed by atoms with Gasteiger partial charge in [0.2, 0.25) is 0 Å². The number of hydrogen-bond donors (Lipinski definition) is 0. The molecule has 2 fully saturated rings. The Kier molecular flexibility index (Phi) is 18.5. The monoisotopic (exact) mass is 817 g/mol. The van der Waals surface area contributed by atoms with Crippen LogP contribution in [0.3, 0.4) is 0 Å². The van der Waals surface area contributed by atoms with Crippen molar-refractivity contribution in [2.24, 2.45) is 23.7 Å². The lowest BCUT2D eigenvalue weighted by atomic mass is 9.77. The first-order chi connectivity index (χ1) is 27.9. The molecule has 0 unspecified atom stereocenters. The van der Waals surface area contributed by atoms with E-state index >= 15 is 0 Å². The van der Waals surface area contributed by atoms with Gasteiger partial charge in [0, 0.05) is 0 Å². The highest BCUT2D eigenvalue weighted by atomic mass is 19.4. The van der Waals surface area contributed by atoms with E-state index in [1.165, 1.54) is 158 Å². The van der Waals surface area contributed by atoms with Crippen LogP contribution in [0.4, 0.5) is 26.3 Å². The fraction of sp³-hybridized carbons (Fsp3) is 0.680. The maximum Gasteiger partial charge on any atom is 0.573 e. The molecular formula is C50H70F6O2. The van der Waals surface area contributed by atoms with Crippen LogP contribution in [0.25, 0.3) is 12.2 Å². The fourth-order valence-electron chi connectivity index (χ4n) is 9.96. The number of hydrogen-bond acceptors (Lipinski definition) is 2. The van der Waals surface area contributed by atoms with Crippen LogP contribution in [0, 0.1) is 23.7 Å². The topological polar surface area (TPSA) is 18.5 Å². The van der Waals surface area contributed by atoms with Crippen molar-refractivity contribution in [2.45, 2.75) is 194 Å². The second-order valence-electron chi connectivity index (χ2n) is 18.0. The average molecular weight is 817 g/mol. The van der Waals surface area contributed by atoms with Crippen LogP contribution in [-0.4, -0.2) is 12.7 Å². The molecule has 58 heavy (non-hydrogen) atoms. The van der Waals surface area contributed by atoms with Crippen molar-refractivity contribution in [3.05, 3.63) is 69.8 Å². The Bertz CT molecular complexity index is 1570. The van der Waals surface area contributed by atoms with Crippen molar-refractivity contribution in [1.82, 2.24) is 0 Å². The third kappa shape index (κ3) is 16.6. The first kappa shape index (κ1) is 46.2. The van der Waals surface area contributed by atoms with E-state index in [0.717, 1.165) is 84.5 Å². The Morgan fingerprint density at radius 2 is 0.828 bits per heavy atom. The van der Waals surface area contributed by atoms with E-state index in [0.29, 0.717) is 0 Å². The molecule has 2 aromatic carbocycles. The fourth-order valence-corrected chi connectivity index (χ4v) is 9.96. The molecule has 6 rings (SSSR count). The van der Waals surface area contributed by atoms with Gasteiger partial charge in [0.15, 0.2) is 0 Å². The molecule has 0 N–H and O–H groups in total. The van der Waals surface area contributed by atoms with E-state index in [4.69, 9.17) is 0 Å². The molecule has 0 aromatic heterocycles. The van der Waals surface area contributed by atoms with Crippen LogP contribution < -0.4 is 9.47 Å². The van der Waals surface area contributed by atoms with Crippen LogP contribution in [0.1, 0.15) is 190 Å². The molecular weight excluding hydrogens is 747 g/mol. The van der Waals surface area contributed by atoms with Gasteiger partial charge < -0.3 is 9.47 Å². The van der Waals surface area contributed by atoms with Crippen LogP contribution in [0.2, 0.25) is 0 Å². The zero-order valence-electron chi connectivity index (χ0n) is 35.4. The summed E-state index contributed by atoms with van der Waals surface area (Å²) < 4.78 is 82.5. The first-order valence-corrected chi connectivity index (χ1v) is 23.0. The third-order valence-electron chi connectivity index (χ3n) is 13.5. The average Bonchev–Trinajstić information content (AvgIpc) is 3.19. The van der Waals surface area contributed by atoms with Crippen molar-refractivity contribution < 1.29 is 35.8 Å². The highest BCUT2D eigenvalue weighted by Gasteiger charge is 2.32. The largest absolute Gasteiger partial charge is 0.573 e. The minimum atomic E-state index is -4.63. The zero-order chi connectivity index (χ0) is 41.4. The van der Waals surface area contributed by atoms with Crippen molar-refractivity contribution in [3.8, 4) is 11.5 Å². The number of benzene rings is 2. The van der Waals surface area contributed by atoms with Crippen LogP contribution in [0.15, 0.2) is 47.5 Å². The van der Waals surface area contributed by atoms with Crippen LogP contribution >= 0.6 is 0 Å². The van der Waals surface area contributed by atoms with Gasteiger partial charge in [-0.25, -0.2) is 0 Å². The van der Waals surface area contributed by atoms with E-state index in [1.54, 1.807) is 18.2 Å². The van der Waals surface area contributed by atoms with Gasteiger partial charge in [-0.15, -0.1) is 26.3 Å². The number of unbranched alkanes of at least 4 members (excludes halogenated alkanes) is 6. The molecule has 4 aliphatic rings. The Morgan fingerprint density at radius 1 is 0.466 bits per heavy atom. The lowest BCUT2D eigenvalue weighted by Crippen LogP contribution is -2.17. The van der Waals surface area contributed by atoms with Gasteiger partial charge in [0.1, 0.15) is 11.5 Å². The summed E-state index contributed by atoms with van der Waals surface area (Å²) in [6.07, 6.45) is 28.4. The molecule has 2 nitrogen and oxygen atoms in total. The second kappa shape index (κ2) is 23.2. The predicted octanol–water partition coefficient (Wildman–Crippen LogP) is 16.9. The molecule has 2 saturated carbocycles.